The van der Waals surface area contributed by atoms with Crippen molar-refractivity contribution >= 4 is 45.4 Å². The smallest absolute Gasteiger partial charge is 0.264 e. The second kappa shape index (κ2) is 6.76. The lowest BCUT2D eigenvalue weighted by Crippen LogP contribution is -2.38. The molecule has 0 N–H and O–H groups in total. The minimum absolute atomic E-state index is 0.0450. The summed E-state index contributed by atoms with van der Waals surface area (Å²) in [6.45, 7) is 5.58. The summed E-state index contributed by atoms with van der Waals surface area (Å²) in [5, 5.41) is 2.67. The SMILES string of the molecule is CCN1C(=O)CN(C)C(=O)c2c1sc1c2CCN(C(=O)c2sccc2C)C1. The third-order valence-corrected chi connectivity index (χ3v) is 7.42. The van der Waals surface area contributed by atoms with Crippen LogP contribution in [0.2, 0.25) is 0 Å². The van der Waals surface area contributed by atoms with Crippen LogP contribution in [0, 0.1) is 6.92 Å². The van der Waals surface area contributed by atoms with E-state index < -0.39 is 0 Å². The molecule has 0 saturated carbocycles. The molecule has 2 aromatic rings. The first kappa shape index (κ1) is 18.2. The van der Waals surface area contributed by atoms with Gasteiger partial charge in [0.1, 0.15) is 11.5 Å². The van der Waals surface area contributed by atoms with Crippen LogP contribution >= 0.6 is 22.7 Å². The molecule has 0 fully saturated rings. The molecule has 3 amide bonds. The maximum Gasteiger partial charge on any atom is 0.264 e. The highest BCUT2D eigenvalue weighted by Gasteiger charge is 2.37. The summed E-state index contributed by atoms with van der Waals surface area (Å²) in [5.74, 6) is -0.114. The van der Waals surface area contributed by atoms with Crippen LogP contribution in [0.5, 0.6) is 0 Å². The summed E-state index contributed by atoms with van der Waals surface area (Å²) in [4.78, 5) is 45.1. The second-order valence-corrected chi connectivity index (χ2v) is 8.89. The Morgan fingerprint density at radius 2 is 2.04 bits per heavy atom. The highest BCUT2D eigenvalue weighted by Crippen LogP contribution is 2.41. The number of amides is 3. The van der Waals surface area contributed by atoms with E-state index in [1.165, 1.54) is 27.6 Å². The number of thiophene rings is 2. The van der Waals surface area contributed by atoms with Crippen molar-refractivity contribution in [3.05, 3.63) is 37.9 Å². The van der Waals surface area contributed by atoms with Crippen molar-refractivity contribution in [2.24, 2.45) is 0 Å². The third kappa shape index (κ3) is 2.87. The van der Waals surface area contributed by atoms with E-state index in [0.29, 0.717) is 31.6 Å². The summed E-state index contributed by atoms with van der Waals surface area (Å²) >= 11 is 2.95. The van der Waals surface area contributed by atoms with E-state index >= 15 is 0 Å². The van der Waals surface area contributed by atoms with E-state index in [9.17, 15) is 14.4 Å². The Morgan fingerprint density at radius 1 is 1.26 bits per heavy atom. The topological polar surface area (TPSA) is 60.9 Å². The average molecular weight is 404 g/mol. The number of hydrogen-bond acceptors (Lipinski definition) is 5. The summed E-state index contributed by atoms with van der Waals surface area (Å²) in [6.07, 6.45) is 0.642. The zero-order valence-corrected chi connectivity index (χ0v) is 17.2. The Balaban J connectivity index is 1.71. The van der Waals surface area contributed by atoms with Gasteiger partial charge in [0.05, 0.1) is 17.0 Å². The summed E-state index contributed by atoms with van der Waals surface area (Å²) < 4.78 is 0. The quantitative estimate of drug-likeness (QED) is 0.775. The monoisotopic (exact) mass is 403 g/mol. The van der Waals surface area contributed by atoms with Gasteiger partial charge in [-0.15, -0.1) is 22.7 Å². The van der Waals surface area contributed by atoms with Crippen LogP contribution in [0.25, 0.3) is 0 Å². The molecule has 27 heavy (non-hydrogen) atoms. The van der Waals surface area contributed by atoms with Crippen LogP contribution in [0.3, 0.4) is 0 Å². The standard InChI is InChI=1S/C19H21N3O3S2/c1-4-22-14(23)10-20(3)17(24)15-12-5-7-21(9-13(12)27-19(15)22)18(25)16-11(2)6-8-26-16/h6,8H,4-5,7,9-10H2,1-3H3. The fourth-order valence-corrected chi connectivity index (χ4v) is 6.02. The fraction of sp³-hybridized carbons (Fsp3) is 0.421. The second-order valence-electron chi connectivity index (χ2n) is 6.89. The van der Waals surface area contributed by atoms with Crippen molar-refractivity contribution in [1.82, 2.24) is 9.80 Å². The summed E-state index contributed by atoms with van der Waals surface area (Å²) in [6, 6.07) is 1.96. The Bertz CT molecular complexity index is 946. The molecular formula is C19H21N3O3S2. The molecule has 0 saturated heterocycles. The zero-order valence-electron chi connectivity index (χ0n) is 15.6. The lowest BCUT2D eigenvalue weighted by Gasteiger charge is -2.27. The molecular weight excluding hydrogens is 382 g/mol. The Morgan fingerprint density at radius 3 is 2.70 bits per heavy atom. The highest BCUT2D eigenvalue weighted by atomic mass is 32.1. The van der Waals surface area contributed by atoms with Crippen molar-refractivity contribution in [2.45, 2.75) is 26.8 Å². The van der Waals surface area contributed by atoms with E-state index in [-0.39, 0.29) is 24.3 Å². The van der Waals surface area contributed by atoms with E-state index in [4.69, 9.17) is 0 Å². The van der Waals surface area contributed by atoms with E-state index in [1.54, 1.807) is 11.9 Å². The molecule has 4 rings (SSSR count). The first-order chi connectivity index (χ1) is 12.9. The molecule has 6 nitrogen and oxygen atoms in total. The van der Waals surface area contributed by atoms with E-state index in [0.717, 1.165) is 25.9 Å². The van der Waals surface area contributed by atoms with E-state index in [2.05, 4.69) is 0 Å². The maximum absolute atomic E-state index is 12.9. The molecule has 2 aliphatic rings. The maximum atomic E-state index is 12.9. The van der Waals surface area contributed by atoms with Gasteiger partial charge in [0.25, 0.3) is 11.8 Å². The van der Waals surface area contributed by atoms with Crippen LogP contribution < -0.4 is 4.90 Å². The van der Waals surface area contributed by atoms with Gasteiger partial charge < -0.3 is 14.7 Å². The number of likely N-dealkylation sites (N-methyl/N-ethyl adjacent to an activating group) is 2. The van der Waals surface area contributed by atoms with Crippen LogP contribution in [0.15, 0.2) is 11.4 Å². The predicted octanol–water partition coefficient (Wildman–Crippen LogP) is 2.76. The molecule has 142 valence electrons. The fourth-order valence-electron chi connectivity index (χ4n) is 3.69. The first-order valence-corrected chi connectivity index (χ1v) is 10.7. The van der Waals surface area contributed by atoms with Crippen molar-refractivity contribution in [1.29, 1.82) is 0 Å². The molecule has 0 radical (unpaired) electrons. The molecule has 0 unspecified atom stereocenters. The molecule has 2 aromatic heterocycles. The normalized spacial score (nSPS) is 17.1. The summed E-state index contributed by atoms with van der Waals surface area (Å²) in [7, 11) is 1.67. The number of anilines is 1. The lowest BCUT2D eigenvalue weighted by molar-refractivity contribution is -0.118. The van der Waals surface area contributed by atoms with Crippen molar-refractivity contribution in [3.63, 3.8) is 0 Å². The van der Waals surface area contributed by atoms with Crippen LogP contribution in [-0.2, 0) is 17.8 Å². The minimum atomic E-state index is -0.0966. The van der Waals surface area contributed by atoms with Gasteiger partial charge in [-0.1, -0.05) is 0 Å². The van der Waals surface area contributed by atoms with Crippen molar-refractivity contribution < 1.29 is 14.4 Å². The third-order valence-electron chi connectivity index (χ3n) is 5.18. The molecule has 2 aliphatic heterocycles. The molecule has 0 atom stereocenters. The lowest BCUT2D eigenvalue weighted by atomic mass is 10.0. The molecule has 0 bridgehead atoms. The largest absolute Gasteiger partial charge is 0.332 e. The zero-order chi connectivity index (χ0) is 19.3. The number of nitrogens with zero attached hydrogens (tertiary/aromatic N) is 3. The Labute approximate surface area is 166 Å². The van der Waals surface area contributed by atoms with Gasteiger partial charge in [-0.3, -0.25) is 14.4 Å². The minimum Gasteiger partial charge on any atom is -0.332 e. The molecule has 0 aliphatic carbocycles. The molecule has 0 spiro atoms. The number of carbonyl (C=O) groups excluding carboxylic acids is 3. The van der Waals surface area contributed by atoms with Crippen molar-refractivity contribution in [3.8, 4) is 0 Å². The first-order valence-electron chi connectivity index (χ1n) is 8.96. The van der Waals surface area contributed by atoms with Gasteiger partial charge in [0, 0.05) is 25.0 Å². The number of aryl methyl sites for hydroxylation is 1. The Kier molecular flexibility index (Phi) is 4.55. The van der Waals surface area contributed by atoms with Crippen molar-refractivity contribution in [2.75, 3.05) is 31.6 Å². The molecule has 8 heteroatoms. The van der Waals surface area contributed by atoms with Gasteiger partial charge in [-0.25, -0.2) is 0 Å². The van der Waals surface area contributed by atoms with Crippen LogP contribution in [0.4, 0.5) is 5.00 Å². The van der Waals surface area contributed by atoms with Gasteiger partial charge in [0.2, 0.25) is 5.91 Å². The number of fused-ring (bicyclic) bond motifs is 3. The van der Waals surface area contributed by atoms with Crippen LogP contribution in [-0.4, -0.2) is 54.2 Å². The Hall–Kier alpha value is -2.19. The van der Waals surface area contributed by atoms with Gasteiger partial charge in [-0.2, -0.15) is 0 Å². The van der Waals surface area contributed by atoms with Gasteiger partial charge >= 0.3 is 0 Å². The number of hydrogen-bond donors (Lipinski definition) is 0. The number of rotatable bonds is 2. The molecule has 4 heterocycles. The van der Waals surface area contributed by atoms with E-state index in [1.807, 2.05) is 30.2 Å². The average Bonchev–Trinajstić information content (AvgIpc) is 3.21. The summed E-state index contributed by atoms with van der Waals surface area (Å²) in [5.41, 5.74) is 2.66. The number of carbonyl (C=O) groups is 3. The predicted molar refractivity (Wildman–Crippen MR) is 107 cm³/mol. The van der Waals surface area contributed by atoms with Crippen LogP contribution in [0.1, 0.15) is 43.0 Å². The van der Waals surface area contributed by atoms with Gasteiger partial charge in [0.15, 0.2) is 0 Å². The van der Waals surface area contributed by atoms with Gasteiger partial charge in [-0.05, 0) is 42.8 Å². The molecule has 0 aromatic carbocycles. The highest BCUT2D eigenvalue weighted by molar-refractivity contribution is 7.17.